The first-order chi connectivity index (χ1) is 10.8. The van der Waals surface area contributed by atoms with Gasteiger partial charge in [-0.15, -0.1) is 0 Å². The summed E-state index contributed by atoms with van der Waals surface area (Å²) < 4.78 is 11.6. The smallest absolute Gasteiger partial charge is 0.127 e. The lowest BCUT2D eigenvalue weighted by molar-refractivity contribution is 0.306. The van der Waals surface area contributed by atoms with E-state index in [0.717, 1.165) is 22.8 Å². The molecule has 0 amide bonds. The molecule has 0 spiro atoms. The third-order valence-corrected chi connectivity index (χ3v) is 3.33. The lowest BCUT2D eigenvalue weighted by Gasteiger charge is -2.09. The first kappa shape index (κ1) is 14.2. The molecule has 0 aromatic heterocycles. The van der Waals surface area contributed by atoms with Crippen LogP contribution in [0.25, 0.3) is 0 Å². The number of hydrogen-bond donors (Lipinski definition) is 0. The summed E-state index contributed by atoms with van der Waals surface area (Å²) in [5.74, 6) is 2.47. The number of hydrogen-bond acceptors (Lipinski definition) is 2. The van der Waals surface area contributed by atoms with Crippen molar-refractivity contribution in [2.24, 2.45) is 0 Å². The molecule has 3 aromatic carbocycles. The first-order valence-corrected chi connectivity index (χ1v) is 7.31. The van der Waals surface area contributed by atoms with Gasteiger partial charge in [-0.1, -0.05) is 48.0 Å². The molecule has 0 aliphatic heterocycles. The van der Waals surface area contributed by atoms with Gasteiger partial charge in [0.25, 0.3) is 0 Å². The van der Waals surface area contributed by atoms with Crippen molar-refractivity contribution in [2.75, 3.05) is 0 Å². The maximum Gasteiger partial charge on any atom is 0.127 e. The van der Waals surface area contributed by atoms with Crippen LogP contribution in [0, 0.1) is 6.92 Å². The number of benzene rings is 3. The molecule has 0 aliphatic carbocycles. The van der Waals surface area contributed by atoms with Crippen LogP contribution in [0.1, 0.15) is 11.1 Å². The van der Waals surface area contributed by atoms with Gasteiger partial charge in [0, 0.05) is 0 Å². The van der Waals surface area contributed by atoms with E-state index in [4.69, 9.17) is 9.47 Å². The number of rotatable bonds is 5. The van der Waals surface area contributed by atoms with Crippen LogP contribution < -0.4 is 9.47 Å². The monoisotopic (exact) mass is 290 g/mol. The van der Waals surface area contributed by atoms with Gasteiger partial charge in [-0.25, -0.2) is 0 Å². The minimum Gasteiger partial charge on any atom is -0.489 e. The summed E-state index contributed by atoms with van der Waals surface area (Å²) in [6.07, 6.45) is 0. The Bertz CT molecular complexity index is 701. The van der Waals surface area contributed by atoms with E-state index in [1.54, 1.807) is 0 Å². The molecule has 2 heteroatoms. The van der Waals surface area contributed by atoms with Crippen molar-refractivity contribution in [1.82, 2.24) is 0 Å². The van der Waals surface area contributed by atoms with E-state index in [0.29, 0.717) is 6.61 Å². The average Bonchev–Trinajstić information content (AvgIpc) is 2.57. The summed E-state index contributed by atoms with van der Waals surface area (Å²) in [5.41, 5.74) is 2.37. The molecular formula is C20H18O2. The van der Waals surface area contributed by atoms with Gasteiger partial charge in [-0.2, -0.15) is 0 Å². The van der Waals surface area contributed by atoms with Gasteiger partial charge >= 0.3 is 0 Å². The Balaban J connectivity index is 1.59. The predicted molar refractivity (Wildman–Crippen MR) is 88.5 cm³/mol. The van der Waals surface area contributed by atoms with Gasteiger partial charge in [0.1, 0.15) is 23.9 Å². The Kier molecular flexibility index (Phi) is 4.40. The largest absolute Gasteiger partial charge is 0.489 e. The van der Waals surface area contributed by atoms with Gasteiger partial charge in [-0.05, 0) is 48.9 Å². The summed E-state index contributed by atoms with van der Waals surface area (Å²) in [6, 6.07) is 25.8. The lowest BCUT2D eigenvalue weighted by atomic mass is 10.2. The normalized spacial score (nSPS) is 10.2. The molecule has 0 saturated carbocycles. The average molecular weight is 290 g/mol. The molecule has 0 heterocycles. The fourth-order valence-corrected chi connectivity index (χ4v) is 2.09. The highest BCUT2D eigenvalue weighted by Crippen LogP contribution is 2.24. The van der Waals surface area contributed by atoms with Crippen LogP contribution >= 0.6 is 0 Å². The summed E-state index contributed by atoms with van der Waals surface area (Å²) in [7, 11) is 0. The summed E-state index contributed by atoms with van der Waals surface area (Å²) >= 11 is 0. The van der Waals surface area contributed by atoms with Crippen LogP contribution in [0.5, 0.6) is 17.2 Å². The molecule has 0 aliphatic rings. The molecule has 0 fully saturated rings. The Morgan fingerprint density at radius 3 is 1.82 bits per heavy atom. The maximum absolute atomic E-state index is 5.80. The van der Waals surface area contributed by atoms with Crippen molar-refractivity contribution in [1.29, 1.82) is 0 Å². The minimum absolute atomic E-state index is 0.568. The van der Waals surface area contributed by atoms with Crippen molar-refractivity contribution in [2.45, 2.75) is 13.5 Å². The van der Waals surface area contributed by atoms with Crippen molar-refractivity contribution < 1.29 is 9.47 Å². The summed E-state index contributed by atoms with van der Waals surface area (Å²) in [4.78, 5) is 0. The molecule has 0 unspecified atom stereocenters. The third-order valence-electron chi connectivity index (χ3n) is 3.33. The van der Waals surface area contributed by atoms with Crippen LogP contribution in [0.2, 0.25) is 0 Å². The fourth-order valence-electron chi connectivity index (χ4n) is 2.09. The lowest BCUT2D eigenvalue weighted by Crippen LogP contribution is -1.94. The van der Waals surface area contributed by atoms with E-state index in [2.05, 4.69) is 19.1 Å². The van der Waals surface area contributed by atoms with E-state index in [1.807, 2.05) is 66.7 Å². The van der Waals surface area contributed by atoms with E-state index in [9.17, 15) is 0 Å². The van der Waals surface area contributed by atoms with E-state index in [1.165, 1.54) is 5.56 Å². The number of ether oxygens (including phenoxy) is 2. The molecule has 2 nitrogen and oxygen atoms in total. The van der Waals surface area contributed by atoms with E-state index >= 15 is 0 Å². The van der Waals surface area contributed by atoms with Crippen LogP contribution in [-0.4, -0.2) is 0 Å². The summed E-state index contributed by atoms with van der Waals surface area (Å²) in [6.45, 7) is 2.63. The third kappa shape index (κ3) is 3.89. The van der Waals surface area contributed by atoms with Gasteiger partial charge in [0.2, 0.25) is 0 Å². The van der Waals surface area contributed by atoms with Crippen LogP contribution in [0.4, 0.5) is 0 Å². The second-order valence-corrected chi connectivity index (χ2v) is 5.16. The highest BCUT2D eigenvalue weighted by atomic mass is 16.5. The second kappa shape index (κ2) is 6.81. The quantitative estimate of drug-likeness (QED) is 0.629. The van der Waals surface area contributed by atoms with Gasteiger partial charge in [-0.3, -0.25) is 0 Å². The molecule has 0 bridgehead atoms. The van der Waals surface area contributed by atoms with Crippen molar-refractivity contribution in [3.05, 3.63) is 90.0 Å². The standard InChI is InChI=1S/C20H18O2/c1-16-7-9-19(10-8-16)22-20-13-11-18(12-14-20)21-15-17-5-3-2-4-6-17/h2-14H,15H2,1H3. The van der Waals surface area contributed by atoms with Crippen molar-refractivity contribution >= 4 is 0 Å². The van der Waals surface area contributed by atoms with Gasteiger partial charge in [0.15, 0.2) is 0 Å². The minimum atomic E-state index is 0.568. The SMILES string of the molecule is Cc1ccc(Oc2ccc(OCc3ccccc3)cc2)cc1. The van der Waals surface area contributed by atoms with Crippen LogP contribution in [0.15, 0.2) is 78.9 Å². The zero-order valence-corrected chi connectivity index (χ0v) is 12.5. The Morgan fingerprint density at radius 2 is 1.18 bits per heavy atom. The van der Waals surface area contributed by atoms with Gasteiger partial charge in [0.05, 0.1) is 0 Å². The molecule has 0 radical (unpaired) electrons. The molecule has 3 aromatic rings. The van der Waals surface area contributed by atoms with Crippen LogP contribution in [-0.2, 0) is 6.61 Å². The number of aryl methyl sites for hydroxylation is 1. The predicted octanol–water partition coefficient (Wildman–Crippen LogP) is 5.37. The first-order valence-electron chi connectivity index (χ1n) is 7.31. The Hall–Kier alpha value is -2.74. The highest BCUT2D eigenvalue weighted by molar-refractivity contribution is 5.36. The zero-order chi connectivity index (χ0) is 15.2. The van der Waals surface area contributed by atoms with E-state index in [-0.39, 0.29) is 0 Å². The Labute approximate surface area is 131 Å². The van der Waals surface area contributed by atoms with Gasteiger partial charge < -0.3 is 9.47 Å². The molecule has 22 heavy (non-hydrogen) atoms. The molecule has 3 rings (SSSR count). The highest BCUT2D eigenvalue weighted by Gasteiger charge is 1.99. The van der Waals surface area contributed by atoms with Crippen molar-refractivity contribution in [3.8, 4) is 17.2 Å². The molecule has 110 valence electrons. The molecule has 0 atom stereocenters. The van der Waals surface area contributed by atoms with Crippen molar-refractivity contribution in [3.63, 3.8) is 0 Å². The maximum atomic E-state index is 5.80. The topological polar surface area (TPSA) is 18.5 Å². The molecular weight excluding hydrogens is 272 g/mol. The summed E-state index contributed by atoms with van der Waals surface area (Å²) in [5, 5.41) is 0. The van der Waals surface area contributed by atoms with Crippen LogP contribution in [0.3, 0.4) is 0 Å². The zero-order valence-electron chi connectivity index (χ0n) is 12.5. The van der Waals surface area contributed by atoms with E-state index < -0.39 is 0 Å². The molecule has 0 saturated heterocycles. The fraction of sp³-hybridized carbons (Fsp3) is 0.100. The second-order valence-electron chi connectivity index (χ2n) is 5.16. The molecule has 0 N–H and O–H groups in total. The Morgan fingerprint density at radius 1 is 0.636 bits per heavy atom.